The van der Waals surface area contributed by atoms with E-state index in [0.29, 0.717) is 12.1 Å². The van der Waals surface area contributed by atoms with Gasteiger partial charge >= 0.3 is 0 Å². The fourth-order valence-electron chi connectivity index (χ4n) is 3.67. The molecule has 34 heavy (non-hydrogen) atoms. The smallest absolute Gasteiger partial charge is 0.264 e. The van der Waals surface area contributed by atoms with Crippen molar-refractivity contribution in [2.75, 3.05) is 18.0 Å². The quantitative estimate of drug-likeness (QED) is 0.468. The molecule has 8 heteroatoms. The summed E-state index contributed by atoms with van der Waals surface area (Å²) in [6.45, 7) is 5.33. The molecule has 3 rings (SSSR count). The minimum Gasteiger partial charge on any atom is -0.496 e. The van der Waals surface area contributed by atoms with Gasteiger partial charge in [-0.05, 0) is 73.9 Å². The zero-order valence-corrected chi connectivity index (χ0v) is 20.5. The number of hydrogen-bond donors (Lipinski definition) is 1. The number of carbonyl (C=O) groups excluding carboxylic acids is 1. The second-order valence-electron chi connectivity index (χ2n) is 8.06. The number of halogens is 1. The summed E-state index contributed by atoms with van der Waals surface area (Å²) >= 11 is 0. The average molecular weight is 485 g/mol. The molecule has 0 radical (unpaired) electrons. The van der Waals surface area contributed by atoms with Gasteiger partial charge in [0.25, 0.3) is 10.0 Å². The van der Waals surface area contributed by atoms with Gasteiger partial charge in [0.15, 0.2) is 0 Å². The van der Waals surface area contributed by atoms with Gasteiger partial charge in [-0.25, -0.2) is 12.8 Å². The monoisotopic (exact) mass is 484 g/mol. The summed E-state index contributed by atoms with van der Waals surface area (Å²) in [5, 5.41) is 2.95. The Labute approximate surface area is 200 Å². The van der Waals surface area contributed by atoms with Crippen molar-refractivity contribution in [3.63, 3.8) is 0 Å². The van der Waals surface area contributed by atoms with Crippen LogP contribution in [0.15, 0.2) is 71.6 Å². The summed E-state index contributed by atoms with van der Waals surface area (Å²) in [5.74, 6) is -0.244. The number of aryl methyl sites for hydroxylation is 2. The van der Waals surface area contributed by atoms with Crippen LogP contribution in [0.4, 0.5) is 10.1 Å². The zero-order chi connectivity index (χ0) is 24.9. The predicted molar refractivity (Wildman–Crippen MR) is 131 cm³/mol. The van der Waals surface area contributed by atoms with Crippen LogP contribution in [0.2, 0.25) is 0 Å². The van der Waals surface area contributed by atoms with Gasteiger partial charge in [-0.1, -0.05) is 36.8 Å². The summed E-state index contributed by atoms with van der Waals surface area (Å²) < 4.78 is 46.6. The molecular formula is C26H29FN2O4S. The van der Waals surface area contributed by atoms with Crippen LogP contribution in [0.3, 0.4) is 0 Å². The van der Waals surface area contributed by atoms with Gasteiger partial charge in [0.2, 0.25) is 5.91 Å². The Morgan fingerprint density at radius 1 is 1.03 bits per heavy atom. The lowest BCUT2D eigenvalue weighted by Gasteiger charge is -2.26. The summed E-state index contributed by atoms with van der Waals surface area (Å²) in [4.78, 5) is 13.0. The van der Waals surface area contributed by atoms with E-state index in [-0.39, 0.29) is 10.9 Å². The molecule has 0 saturated carbocycles. The maximum Gasteiger partial charge on any atom is 0.264 e. The van der Waals surface area contributed by atoms with Crippen molar-refractivity contribution < 1.29 is 22.3 Å². The number of ether oxygens (including phenoxy) is 1. The first-order chi connectivity index (χ1) is 16.1. The Morgan fingerprint density at radius 2 is 1.68 bits per heavy atom. The second kappa shape index (κ2) is 10.7. The highest BCUT2D eigenvalue weighted by atomic mass is 32.2. The molecule has 1 amide bonds. The molecule has 180 valence electrons. The van der Waals surface area contributed by atoms with Crippen LogP contribution in [0.25, 0.3) is 0 Å². The number of sulfonamides is 1. The molecule has 1 N–H and O–H groups in total. The van der Waals surface area contributed by atoms with E-state index in [1.807, 2.05) is 39.0 Å². The number of nitrogens with zero attached hydrogens (tertiary/aromatic N) is 1. The van der Waals surface area contributed by atoms with E-state index in [1.165, 1.54) is 12.1 Å². The summed E-state index contributed by atoms with van der Waals surface area (Å²) in [6.07, 6.45) is 0.618. The third-order valence-electron chi connectivity index (χ3n) is 5.58. The molecule has 0 saturated heterocycles. The fourth-order valence-corrected chi connectivity index (χ4v) is 5.09. The van der Waals surface area contributed by atoms with Crippen molar-refractivity contribution in [2.24, 2.45) is 0 Å². The first-order valence-corrected chi connectivity index (χ1v) is 12.4. The molecule has 1 atom stereocenters. The lowest BCUT2D eigenvalue weighted by molar-refractivity contribution is -0.120. The first kappa shape index (κ1) is 25.2. The first-order valence-electron chi connectivity index (χ1n) is 10.9. The SMILES string of the molecule is CC[C@H](NC(=O)CN(c1ccc(C)cc1)S(=O)(=O)c1ccc(F)cc1)c1ccc(OC)c(C)c1. The molecule has 0 aliphatic rings. The number of carbonyl (C=O) groups is 1. The average Bonchev–Trinajstić information content (AvgIpc) is 2.82. The van der Waals surface area contributed by atoms with E-state index in [1.54, 1.807) is 31.4 Å². The number of methoxy groups -OCH3 is 1. The van der Waals surface area contributed by atoms with Crippen molar-refractivity contribution in [3.05, 3.63) is 89.2 Å². The standard InChI is InChI=1S/C26H29FN2O4S/c1-5-24(20-8-15-25(33-4)19(3)16-20)28-26(30)17-29(22-11-6-18(2)7-12-22)34(31,32)23-13-9-21(27)10-14-23/h6-16,24H,5,17H2,1-4H3,(H,28,30)/t24-/m0/s1. The maximum absolute atomic E-state index is 13.4. The number of rotatable bonds is 9. The van der Waals surface area contributed by atoms with Crippen LogP contribution in [0, 0.1) is 19.7 Å². The molecule has 0 aliphatic heterocycles. The molecule has 0 fully saturated rings. The van der Waals surface area contributed by atoms with Crippen molar-refractivity contribution in [1.29, 1.82) is 0 Å². The van der Waals surface area contributed by atoms with Gasteiger partial charge in [0.1, 0.15) is 18.1 Å². The third kappa shape index (κ3) is 5.75. The normalized spacial score (nSPS) is 12.1. The van der Waals surface area contributed by atoms with Crippen molar-refractivity contribution >= 4 is 21.6 Å². The Hall–Kier alpha value is -3.39. The van der Waals surface area contributed by atoms with Crippen molar-refractivity contribution in [2.45, 2.75) is 38.1 Å². The minimum absolute atomic E-state index is 0.0971. The highest BCUT2D eigenvalue weighted by molar-refractivity contribution is 7.92. The number of amides is 1. The van der Waals surface area contributed by atoms with Crippen LogP contribution in [0.1, 0.15) is 36.1 Å². The Morgan fingerprint density at radius 3 is 2.24 bits per heavy atom. The molecule has 0 unspecified atom stereocenters. The lowest BCUT2D eigenvalue weighted by atomic mass is 10.0. The van der Waals surface area contributed by atoms with Gasteiger partial charge in [-0.3, -0.25) is 9.10 Å². The molecule has 0 spiro atoms. The molecular weight excluding hydrogens is 455 g/mol. The van der Waals surface area contributed by atoms with Crippen molar-refractivity contribution in [1.82, 2.24) is 5.32 Å². The number of hydrogen-bond acceptors (Lipinski definition) is 4. The molecule has 0 aliphatic carbocycles. The van der Waals surface area contributed by atoms with E-state index < -0.39 is 28.3 Å². The van der Waals surface area contributed by atoms with E-state index >= 15 is 0 Å². The van der Waals surface area contributed by atoms with Crippen molar-refractivity contribution in [3.8, 4) is 5.75 Å². The van der Waals surface area contributed by atoms with Crippen LogP contribution in [0.5, 0.6) is 5.75 Å². The second-order valence-corrected chi connectivity index (χ2v) is 9.92. The Bertz CT molecular complexity index is 1240. The highest BCUT2D eigenvalue weighted by Crippen LogP contribution is 2.26. The molecule has 3 aromatic carbocycles. The van der Waals surface area contributed by atoms with Crippen LogP contribution >= 0.6 is 0 Å². The molecule has 0 heterocycles. The Kier molecular flexibility index (Phi) is 7.94. The largest absolute Gasteiger partial charge is 0.496 e. The van der Waals surface area contributed by atoms with Gasteiger partial charge in [-0.15, -0.1) is 0 Å². The molecule has 3 aromatic rings. The number of benzene rings is 3. The Balaban J connectivity index is 1.89. The lowest BCUT2D eigenvalue weighted by Crippen LogP contribution is -2.42. The summed E-state index contributed by atoms with van der Waals surface area (Å²) in [6, 6.07) is 16.8. The predicted octanol–water partition coefficient (Wildman–Crippen LogP) is 4.91. The molecule has 0 bridgehead atoms. The molecule has 0 aromatic heterocycles. The van der Waals surface area contributed by atoms with E-state index in [4.69, 9.17) is 4.74 Å². The number of nitrogens with one attached hydrogen (secondary N) is 1. The van der Waals surface area contributed by atoms with Crippen LogP contribution < -0.4 is 14.4 Å². The number of anilines is 1. The fraction of sp³-hybridized carbons (Fsp3) is 0.269. The van der Waals surface area contributed by atoms with Crippen LogP contribution in [-0.2, 0) is 14.8 Å². The minimum atomic E-state index is -4.11. The van der Waals surface area contributed by atoms with Gasteiger partial charge in [0.05, 0.1) is 23.7 Å². The maximum atomic E-state index is 13.4. The third-order valence-corrected chi connectivity index (χ3v) is 7.36. The van der Waals surface area contributed by atoms with Gasteiger partial charge in [-0.2, -0.15) is 0 Å². The summed E-state index contributed by atoms with van der Waals surface area (Å²) in [5.41, 5.74) is 3.14. The highest BCUT2D eigenvalue weighted by Gasteiger charge is 2.28. The van der Waals surface area contributed by atoms with Gasteiger partial charge in [0, 0.05) is 0 Å². The van der Waals surface area contributed by atoms with E-state index in [2.05, 4.69) is 5.32 Å². The van der Waals surface area contributed by atoms with Crippen LogP contribution in [-0.4, -0.2) is 28.0 Å². The van der Waals surface area contributed by atoms with E-state index in [9.17, 15) is 17.6 Å². The zero-order valence-electron chi connectivity index (χ0n) is 19.7. The van der Waals surface area contributed by atoms with Gasteiger partial charge < -0.3 is 10.1 Å². The topological polar surface area (TPSA) is 75.7 Å². The summed E-state index contributed by atoms with van der Waals surface area (Å²) in [7, 11) is -2.51. The molecule has 6 nitrogen and oxygen atoms in total. The van der Waals surface area contributed by atoms with E-state index in [0.717, 1.165) is 38.9 Å².